The Kier molecular flexibility index (Phi) is 3.90. The van der Waals surface area contributed by atoms with Crippen LogP contribution in [0.15, 0.2) is 18.2 Å². The smallest absolute Gasteiger partial charge is 0.230 e. The Labute approximate surface area is 113 Å². The Hall–Kier alpha value is -1.42. The number of nitrogens with zero attached hydrogens (tertiary/aromatic N) is 1. The van der Waals surface area contributed by atoms with Crippen LogP contribution in [-0.4, -0.2) is 31.4 Å². The van der Waals surface area contributed by atoms with Crippen molar-refractivity contribution in [3.8, 4) is 0 Å². The van der Waals surface area contributed by atoms with Crippen LogP contribution in [0.3, 0.4) is 0 Å². The van der Waals surface area contributed by atoms with Gasteiger partial charge in [-0.05, 0) is 44.0 Å². The number of hydrogen-bond acceptors (Lipinski definition) is 2. The number of rotatable bonds is 5. The molecule has 0 unspecified atom stereocenters. The summed E-state index contributed by atoms with van der Waals surface area (Å²) in [4.78, 5) is 14.1. The molecular formula is C15H21FN2O. The Bertz CT molecular complexity index is 483. The van der Waals surface area contributed by atoms with Crippen LogP contribution in [0.1, 0.15) is 24.0 Å². The molecule has 1 aliphatic rings. The molecule has 0 radical (unpaired) electrons. The highest BCUT2D eigenvalue weighted by atomic mass is 19.1. The third-order valence-electron chi connectivity index (χ3n) is 3.81. The van der Waals surface area contributed by atoms with E-state index in [0.717, 1.165) is 24.9 Å². The van der Waals surface area contributed by atoms with Gasteiger partial charge in [0.2, 0.25) is 5.91 Å². The molecule has 0 aromatic heterocycles. The molecular weight excluding hydrogens is 243 g/mol. The van der Waals surface area contributed by atoms with E-state index in [-0.39, 0.29) is 17.1 Å². The molecule has 0 spiro atoms. The van der Waals surface area contributed by atoms with Crippen LogP contribution in [0.25, 0.3) is 0 Å². The summed E-state index contributed by atoms with van der Waals surface area (Å²) in [6.45, 7) is 3.01. The Morgan fingerprint density at radius 1 is 1.47 bits per heavy atom. The lowest BCUT2D eigenvalue weighted by atomic mass is 10.0. The molecule has 0 saturated heterocycles. The molecule has 0 bridgehead atoms. The van der Waals surface area contributed by atoms with Gasteiger partial charge >= 0.3 is 0 Å². The number of hydrogen-bond donors (Lipinski definition) is 1. The molecule has 19 heavy (non-hydrogen) atoms. The zero-order valence-corrected chi connectivity index (χ0v) is 11.8. The summed E-state index contributed by atoms with van der Waals surface area (Å²) in [5.74, 6) is -0.0181. The monoisotopic (exact) mass is 264 g/mol. The number of benzene rings is 1. The normalized spacial score (nSPS) is 16.2. The average molecular weight is 264 g/mol. The molecule has 4 heteroatoms. The molecule has 1 aliphatic carbocycles. The van der Waals surface area contributed by atoms with Gasteiger partial charge in [-0.25, -0.2) is 4.39 Å². The molecule has 0 atom stereocenters. The SMILES string of the molecule is CNCC1(C(=O)N(C)Cc2ccc(F)c(C)c2)CC1. The molecule has 1 aromatic rings. The zero-order chi connectivity index (χ0) is 14.0. The molecule has 104 valence electrons. The molecule has 0 aliphatic heterocycles. The lowest BCUT2D eigenvalue weighted by molar-refractivity contribution is -0.136. The quantitative estimate of drug-likeness (QED) is 0.883. The molecule has 3 nitrogen and oxygen atoms in total. The first kappa shape index (κ1) is 14.0. The zero-order valence-electron chi connectivity index (χ0n) is 11.8. The van der Waals surface area contributed by atoms with Crippen LogP contribution in [0, 0.1) is 18.2 Å². The second kappa shape index (κ2) is 5.29. The first-order valence-corrected chi connectivity index (χ1v) is 6.64. The third-order valence-corrected chi connectivity index (χ3v) is 3.81. The number of carbonyl (C=O) groups is 1. The van der Waals surface area contributed by atoms with E-state index >= 15 is 0 Å². The van der Waals surface area contributed by atoms with E-state index < -0.39 is 0 Å². The van der Waals surface area contributed by atoms with E-state index in [2.05, 4.69) is 5.32 Å². The van der Waals surface area contributed by atoms with Crippen molar-refractivity contribution < 1.29 is 9.18 Å². The second-order valence-corrected chi connectivity index (χ2v) is 5.56. The topological polar surface area (TPSA) is 32.3 Å². The molecule has 1 aromatic carbocycles. The summed E-state index contributed by atoms with van der Waals surface area (Å²) in [7, 11) is 3.69. The number of nitrogens with one attached hydrogen (secondary N) is 1. The maximum atomic E-state index is 13.2. The fraction of sp³-hybridized carbons (Fsp3) is 0.533. The molecule has 1 saturated carbocycles. The molecule has 1 N–H and O–H groups in total. The minimum atomic E-state index is -0.202. The lowest BCUT2D eigenvalue weighted by Gasteiger charge is -2.23. The van der Waals surface area contributed by atoms with Crippen molar-refractivity contribution in [1.82, 2.24) is 10.2 Å². The summed E-state index contributed by atoms with van der Waals surface area (Å²) >= 11 is 0. The highest BCUT2D eigenvalue weighted by molar-refractivity contribution is 5.85. The number of aryl methyl sites for hydroxylation is 1. The van der Waals surface area contributed by atoms with Gasteiger partial charge in [0.1, 0.15) is 5.82 Å². The standard InChI is InChI=1S/C15H21FN2O/c1-11-8-12(4-5-13(11)16)9-18(3)14(19)15(6-7-15)10-17-2/h4-5,8,17H,6-7,9-10H2,1-3H3. The van der Waals surface area contributed by atoms with Crippen molar-refractivity contribution in [2.24, 2.45) is 5.41 Å². The molecule has 0 heterocycles. The summed E-state index contributed by atoms with van der Waals surface area (Å²) in [6.07, 6.45) is 1.92. The minimum Gasteiger partial charge on any atom is -0.341 e. The van der Waals surface area contributed by atoms with E-state index in [1.165, 1.54) is 6.07 Å². The van der Waals surface area contributed by atoms with E-state index in [4.69, 9.17) is 0 Å². The maximum absolute atomic E-state index is 13.2. The Morgan fingerprint density at radius 3 is 2.68 bits per heavy atom. The van der Waals surface area contributed by atoms with Crippen LogP contribution in [0.4, 0.5) is 4.39 Å². The van der Waals surface area contributed by atoms with Crippen molar-refractivity contribution in [2.45, 2.75) is 26.3 Å². The van der Waals surface area contributed by atoms with Crippen molar-refractivity contribution >= 4 is 5.91 Å². The molecule has 1 fully saturated rings. The summed E-state index contributed by atoms with van der Waals surface area (Å²) in [6, 6.07) is 5.00. The average Bonchev–Trinajstić information content (AvgIpc) is 3.14. The van der Waals surface area contributed by atoms with Crippen LogP contribution in [0.2, 0.25) is 0 Å². The minimum absolute atomic E-state index is 0.184. The lowest BCUT2D eigenvalue weighted by Crippen LogP contribution is -2.38. The predicted molar refractivity (Wildman–Crippen MR) is 73.2 cm³/mol. The van der Waals surface area contributed by atoms with Gasteiger partial charge in [0, 0.05) is 20.1 Å². The van der Waals surface area contributed by atoms with Crippen LogP contribution in [0.5, 0.6) is 0 Å². The fourth-order valence-corrected chi connectivity index (χ4v) is 2.51. The summed E-state index contributed by atoms with van der Waals surface area (Å²) in [5, 5.41) is 3.09. The first-order chi connectivity index (χ1) is 8.98. The summed E-state index contributed by atoms with van der Waals surface area (Å²) in [5.41, 5.74) is 1.39. The highest BCUT2D eigenvalue weighted by Crippen LogP contribution is 2.46. The first-order valence-electron chi connectivity index (χ1n) is 6.64. The van der Waals surface area contributed by atoms with E-state index in [9.17, 15) is 9.18 Å². The third kappa shape index (κ3) is 2.95. The van der Waals surface area contributed by atoms with Crippen LogP contribution >= 0.6 is 0 Å². The number of amides is 1. The van der Waals surface area contributed by atoms with Crippen LogP contribution < -0.4 is 5.32 Å². The fourth-order valence-electron chi connectivity index (χ4n) is 2.51. The van der Waals surface area contributed by atoms with E-state index in [1.807, 2.05) is 14.1 Å². The highest BCUT2D eigenvalue weighted by Gasteiger charge is 2.50. The van der Waals surface area contributed by atoms with Gasteiger partial charge in [-0.3, -0.25) is 4.79 Å². The van der Waals surface area contributed by atoms with Gasteiger partial charge in [-0.15, -0.1) is 0 Å². The predicted octanol–water partition coefficient (Wildman–Crippen LogP) is 2.09. The summed E-state index contributed by atoms with van der Waals surface area (Å²) < 4.78 is 13.2. The van der Waals surface area contributed by atoms with Gasteiger partial charge in [0.15, 0.2) is 0 Å². The number of carbonyl (C=O) groups excluding carboxylic acids is 1. The van der Waals surface area contributed by atoms with Gasteiger partial charge in [0.05, 0.1) is 5.41 Å². The van der Waals surface area contributed by atoms with E-state index in [1.54, 1.807) is 24.0 Å². The maximum Gasteiger partial charge on any atom is 0.230 e. The van der Waals surface area contributed by atoms with Gasteiger partial charge in [0.25, 0.3) is 0 Å². The Morgan fingerprint density at radius 2 is 2.16 bits per heavy atom. The largest absolute Gasteiger partial charge is 0.341 e. The van der Waals surface area contributed by atoms with Crippen LogP contribution in [-0.2, 0) is 11.3 Å². The molecule has 1 amide bonds. The van der Waals surface area contributed by atoms with Crippen molar-refractivity contribution in [3.05, 3.63) is 35.1 Å². The molecule has 2 rings (SSSR count). The van der Waals surface area contributed by atoms with Gasteiger partial charge in [-0.1, -0.05) is 12.1 Å². The van der Waals surface area contributed by atoms with Gasteiger partial charge in [-0.2, -0.15) is 0 Å². The second-order valence-electron chi connectivity index (χ2n) is 5.56. The van der Waals surface area contributed by atoms with Crippen molar-refractivity contribution in [1.29, 1.82) is 0 Å². The number of halogens is 1. The van der Waals surface area contributed by atoms with Crippen molar-refractivity contribution in [2.75, 3.05) is 20.6 Å². The van der Waals surface area contributed by atoms with Gasteiger partial charge < -0.3 is 10.2 Å². The van der Waals surface area contributed by atoms with E-state index in [0.29, 0.717) is 12.1 Å². The Balaban J connectivity index is 2.02. The van der Waals surface area contributed by atoms with Crippen molar-refractivity contribution in [3.63, 3.8) is 0 Å².